The van der Waals surface area contributed by atoms with Gasteiger partial charge in [0, 0.05) is 50.4 Å². The van der Waals surface area contributed by atoms with Crippen LogP contribution in [0.15, 0.2) is 18.2 Å². The highest BCUT2D eigenvalue weighted by atomic mass is 16.5. The van der Waals surface area contributed by atoms with Crippen LogP contribution in [0.5, 0.6) is 0 Å². The zero-order chi connectivity index (χ0) is 19.3. The minimum atomic E-state index is -0.231. The van der Waals surface area contributed by atoms with E-state index in [2.05, 4.69) is 15.7 Å². The summed E-state index contributed by atoms with van der Waals surface area (Å²) in [5, 5.41) is 10.3. The molecule has 1 aromatic carbocycles. The molecule has 0 aliphatic carbocycles. The van der Waals surface area contributed by atoms with Gasteiger partial charge in [-0.1, -0.05) is 0 Å². The van der Waals surface area contributed by atoms with Gasteiger partial charge in [-0.05, 0) is 44.5 Å². The first kappa shape index (κ1) is 19.8. The van der Waals surface area contributed by atoms with Crippen molar-refractivity contribution in [3.63, 3.8) is 0 Å². The zero-order valence-electron chi connectivity index (χ0n) is 16.5. The maximum Gasteiger partial charge on any atom is 0.319 e. The molecule has 0 saturated heterocycles. The van der Waals surface area contributed by atoms with Crippen LogP contribution in [0.2, 0.25) is 0 Å². The maximum absolute atomic E-state index is 12.2. The largest absolute Gasteiger partial charge is 0.383 e. The van der Waals surface area contributed by atoms with Gasteiger partial charge in [0.2, 0.25) is 0 Å². The Balaban J connectivity index is 1.97. The van der Waals surface area contributed by atoms with Crippen LogP contribution >= 0.6 is 0 Å². The molecule has 0 atom stereocenters. The Morgan fingerprint density at radius 3 is 2.62 bits per heavy atom. The number of carbonyl (C=O) groups excluding carboxylic acids is 1. The lowest BCUT2D eigenvalue weighted by Crippen LogP contribution is -2.28. The van der Waals surface area contributed by atoms with E-state index in [0.717, 1.165) is 33.9 Å². The summed E-state index contributed by atoms with van der Waals surface area (Å²) in [6.07, 6.45) is 0. The number of aromatic nitrogens is 2. The fourth-order valence-electron chi connectivity index (χ4n) is 2.96. The average Bonchev–Trinajstić information content (AvgIpc) is 2.84. The van der Waals surface area contributed by atoms with Crippen molar-refractivity contribution < 1.29 is 9.53 Å². The Morgan fingerprint density at radius 2 is 2.00 bits per heavy atom. The minimum absolute atomic E-state index is 0.231. The molecule has 0 aliphatic heterocycles. The number of urea groups is 1. The first-order valence-corrected chi connectivity index (χ1v) is 8.68. The van der Waals surface area contributed by atoms with Crippen LogP contribution in [-0.2, 0) is 17.8 Å². The molecule has 2 N–H and O–H groups in total. The number of aryl methyl sites for hydroxylation is 2. The summed E-state index contributed by atoms with van der Waals surface area (Å²) in [5.41, 5.74) is 6.02. The van der Waals surface area contributed by atoms with Crippen LogP contribution in [0.25, 0.3) is 0 Å². The molecule has 0 spiro atoms. The lowest BCUT2D eigenvalue weighted by molar-refractivity contribution is 0.182. The smallest absolute Gasteiger partial charge is 0.319 e. The monoisotopic (exact) mass is 359 g/mol. The number of hydrogen-bond acceptors (Lipinski definition) is 4. The molecule has 1 aromatic heterocycles. The summed E-state index contributed by atoms with van der Waals surface area (Å²) >= 11 is 0. The van der Waals surface area contributed by atoms with Crippen molar-refractivity contribution >= 4 is 17.4 Å². The molecule has 0 saturated carbocycles. The zero-order valence-corrected chi connectivity index (χ0v) is 16.5. The second kappa shape index (κ2) is 8.71. The maximum atomic E-state index is 12.2. The van der Waals surface area contributed by atoms with Gasteiger partial charge >= 0.3 is 6.03 Å². The van der Waals surface area contributed by atoms with Crippen LogP contribution in [0.4, 0.5) is 16.2 Å². The standard InChI is InChI=1S/C19H29N5O2/c1-13-11-16(7-8-18(13)23(4)5)21-19(25)20-12-17-14(2)22-24(15(17)3)9-10-26-6/h7-8,11H,9-10,12H2,1-6H3,(H2,20,21,25). The highest BCUT2D eigenvalue weighted by Gasteiger charge is 2.12. The van der Waals surface area contributed by atoms with Crippen LogP contribution < -0.4 is 15.5 Å². The van der Waals surface area contributed by atoms with Gasteiger partial charge in [-0.2, -0.15) is 5.10 Å². The number of carbonyl (C=O) groups is 1. The summed E-state index contributed by atoms with van der Waals surface area (Å²) in [4.78, 5) is 14.3. The van der Waals surface area contributed by atoms with Crippen molar-refractivity contribution in [3.05, 3.63) is 40.7 Å². The highest BCUT2D eigenvalue weighted by molar-refractivity contribution is 5.89. The Bertz CT molecular complexity index is 768. The summed E-state index contributed by atoms with van der Waals surface area (Å²) in [5.74, 6) is 0. The fourth-order valence-corrected chi connectivity index (χ4v) is 2.96. The second-order valence-electron chi connectivity index (χ2n) is 6.57. The third-order valence-corrected chi connectivity index (χ3v) is 4.40. The number of benzene rings is 1. The molecular weight excluding hydrogens is 330 g/mol. The Kier molecular flexibility index (Phi) is 6.63. The van der Waals surface area contributed by atoms with E-state index in [9.17, 15) is 4.79 Å². The Labute approximate surface area is 155 Å². The van der Waals surface area contributed by atoms with Gasteiger partial charge < -0.3 is 20.3 Å². The van der Waals surface area contributed by atoms with Gasteiger partial charge in [-0.3, -0.25) is 4.68 Å². The van der Waals surface area contributed by atoms with Gasteiger partial charge in [0.25, 0.3) is 0 Å². The number of nitrogens with one attached hydrogen (secondary N) is 2. The van der Waals surface area contributed by atoms with E-state index in [1.54, 1.807) is 7.11 Å². The fraction of sp³-hybridized carbons (Fsp3) is 0.474. The summed E-state index contributed by atoms with van der Waals surface area (Å²) in [6.45, 7) is 7.73. The number of methoxy groups -OCH3 is 1. The van der Waals surface area contributed by atoms with Crippen LogP contribution in [-0.4, -0.2) is 43.6 Å². The van der Waals surface area contributed by atoms with E-state index in [4.69, 9.17) is 4.74 Å². The SMILES string of the molecule is COCCn1nc(C)c(CNC(=O)Nc2ccc(N(C)C)c(C)c2)c1C. The molecule has 7 heteroatoms. The number of anilines is 2. The number of rotatable bonds is 7. The predicted molar refractivity (Wildman–Crippen MR) is 105 cm³/mol. The molecule has 0 unspecified atom stereocenters. The molecule has 2 amide bonds. The lowest BCUT2D eigenvalue weighted by Gasteiger charge is -2.16. The van der Waals surface area contributed by atoms with Crippen molar-refractivity contribution in [1.82, 2.24) is 15.1 Å². The van der Waals surface area contributed by atoms with E-state index in [1.165, 1.54) is 0 Å². The van der Waals surface area contributed by atoms with Crippen molar-refractivity contribution in [2.24, 2.45) is 0 Å². The van der Waals surface area contributed by atoms with Crippen LogP contribution in [0, 0.1) is 20.8 Å². The van der Waals surface area contributed by atoms with Crippen LogP contribution in [0.1, 0.15) is 22.5 Å². The highest BCUT2D eigenvalue weighted by Crippen LogP contribution is 2.21. The summed E-state index contributed by atoms with van der Waals surface area (Å²) in [7, 11) is 5.67. The molecule has 142 valence electrons. The lowest BCUT2D eigenvalue weighted by atomic mass is 10.1. The molecule has 2 aromatic rings. The van der Waals surface area contributed by atoms with Crippen LogP contribution in [0.3, 0.4) is 0 Å². The molecule has 7 nitrogen and oxygen atoms in total. The predicted octanol–water partition coefficient (Wildman–Crippen LogP) is 2.84. The normalized spacial score (nSPS) is 10.7. The van der Waals surface area contributed by atoms with Gasteiger partial charge in [0.1, 0.15) is 0 Å². The van der Waals surface area contributed by atoms with Gasteiger partial charge in [-0.15, -0.1) is 0 Å². The van der Waals surface area contributed by atoms with Gasteiger partial charge in [0.15, 0.2) is 0 Å². The second-order valence-corrected chi connectivity index (χ2v) is 6.57. The van der Waals surface area contributed by atoms with E-state index in [0.29, 0.717) is 19.7 Å². The van der Waals surface area contributed by atoms with E-state index < -0.39 is 0 Å². The van der Waals surface area contributed by atoms with Crippen molar-refractivity contribution in [2.45, 2.75) is 33.9 Å². The van der Waals surface area contributed by atoms with E-state index >= 15 is 0 Å². The summed E-state index contributed by atoms with van der Waals surface area (Å²) < 4.78 is 7.02. The number of nitrogens with zero attached hydrogens (tertiary/aromatic N) is 3. The first-order valence-electron chi connectivity index (χ1n) is 8.68. The molecular formula is C19H29N5O2. The molecule has 0 radical (unpaired) electrons. The Morgan fingerprint density at radius 1 is 1.27 bits per heavy atom. The molecule has 26 heavy (non-hydrogen) atoms. The summed E-state index contributed by atoms with van der Waals surface area (Å²) in [6, 6.07) is 5.64. The van der Waals surface area contributed by atoms with Crippen molar-refractivity contribution in [2.75, 3.05) is 38.0 Å². The Hall–Kier alpha value is -2.54. The van der Waals surface area contributed by atoms with E-state index in [-0.39, 0.29) is 6.03 Å². The third-order valence-electron chi connectivity index (χ3n) is 4.40. The van der Waals surface area contributed by atoms with E-state index in [1.807, 2.05) is 62.6 Å². The van der Waals surface area contributed by atoms with Gasteiger partial charge in [0.05, 0.1) is 18.8 Å². The number of hydrogen-bond donors (Lipinski definition) is 2. The third kappa shape index (κ3) is 4.76. The molecule has 0 fully saturated rings. The molecule has 0 bridgehead atoms. The quantitative estimate of drug-likeness (QED) is 0.797. The van der Waals surface area contributed by atoms with Crippen molar-refractivity contribution in [3.8, 4) is 0 Å². The van der Waals surface area contributed by atoms with Gasteiger partial charge in [-0.25, -0.2) is 4.79 Å². The molecule has 0 aliphatic rings. The number of amides is 2. The molecule has 1 heterocycles. The molecule has 2 rings (SSSR count). The average molecular weight is 359 g/mol. The number of ether oxygens (including phenoxy) is 1. The first-order chi connectivity index (χ1) is 12.3. The van der Waals surface area contributed by atoms with Crippen molar-refractivity contribution in [1.29, 1.82) is 0 Å². The topological polar surface area (TPSA) is 71.4 Å². The minimum Gasteiger partial charge on any atom is -0.383 e.